The molecule has 1 N–H and O–H groups in total. The topological polar surface area (TPSA) is 46.4 Å². The van der Waals surface area contributed by atoms with E-state index < -0.39 is 0 Å². The molecule has 0 saturated carbocycles. The Hall–Kier alpha value is -3.66. The first-order valence-electron chi connectivity index (χ1n) is 9.18. The Labute approximate surface area is 164 Å². The van der Waals surface area contributed by atoms with E-state index in [-0.39, 0.29) is 5.91 Å². The zero-order chi connectivity index (χ0) is 19.5. The number of carbonyl (C=O) groups is 1. The normalized spacial score (nSPS) is 11.6. The van der Waals surface area contributed by atoms with Crippen LogP contribution in [0.15, 0.2) is 90.0 Å². The molecule has 1 heterocycles. The van der Waals surface area contributed by atoms with E-state index in [9.17, 15) is 4.79 Å². The zero-order valence-corrected chi connectivity index (χ0v) is 15.9. The van der Waals surface area contributed by atoms with Gasteiger partial charge in [0, 0.05) is 29.1 Å². The molecule has 0 aliphatic heterocycles. The molecule has 0 bridgehead atoms. The first kappa shape index (κ1) is 17.7. The van der Waals surface area contributed by atoms with Gasteiger partial charge in [0.15, 0.2) is 0 Å². The molecule has 1 amide bonds. The van der Waals surface area contributed by atoms with E-state index in [2.05, 4.69) is 16.6 Å². The van der Waals surface area contributed by atoms with Crippen LogP contribution in [0.2, 0.25) is 0 Å². The van der Waals surface area contributed by atoms with Crippen LogP contribution < -0.4 is 5.43 Å². The van der Waals surface area contributed by atoms with Crippen LogP contribution in [0, 0.1) is 6.92 Å². The summed E-state index contributed by atoms with van der Waals surface area (Å²) >= 11 is 0. The number of carbonyl (C=O) groups excluding carboxylic acids is 1. The number of hydrogen-bond acceptors (Lipinski definition) is 2. The molecule has 0 radical (unpaired) electrons. The Morgan fingerprint density at radius 2 is 1.57 bits per heavy atom. The van der Waals surface area contributed by atoms with E-state index in [1.807, 2.05) is 97.4 Å². The lowest BCUT2D eigenvalue weighted by atomic mass is 10.0. The van der Waals surface area contributed by atoms with Crippen molar-refractivity contribution in [1.82, 2.24) is 9.99 Å². The van der Waals surface area contributed by atoms with Crippen LogP contribution in [0.4, 0.5) is 0 Å². The number of fused-ring (bicyclic) bond motifs is 1. The minimum Gasteiger partial charge on any atom is -0.340 e. The summed E-state index contributed by atoms with van der Waals surface area (Å²) in [4.78, 5) is 12.8. The molecule has 138 valence electrons. The molecule has 0 atom stereocenters. The van der Waals surface area contributed by atoms with E-state index in [0.717, 1.165) is 33.3 Å². The van der Waals surface area contributed by atoms with Crippen molar-refractivity contribution in [2.75, 3.05) is 0 Å². The minimum absolute atomic E-state index is 0.236. The summed E-state index contributed by atoms with van der Waals surface area (Å²) in [5.41, 5.74) is 8.11. The molecule has 28 heavy (non-hydrogen) atoms. The molecule has 0 aliphatic rings. The lowest BCUT2D eigenvalue weighted by Gasteiger charge is -2.09. The second-order valence-electron chi connectivity index (χ2n) is 6.78. The van der Waals surface area contributed by atoms with Crippen LogP contribution in [0.1, 0.15) is 27.2 Å². The third-order valence-corrected chi connectivity index (χ3v) is 4.79. The van der Waals surface area contributed by atoms with Crippen LogP contribution >= 0.6 is 0 Å². The van der Waals surface area contributed by atoms with Crippen molar-refractivity contribution in [3.63, 3.8) is 0 Å². The number of hydrogen-bond donors (Lipinski definition) is 1. The molecular formula is C24H21N3O. The third kappa shape index (κ3) is 3.45. The first-order chi connectivity index (χ1) is 13.6. The molecule has 0 fully saturated rings. The van der Waals surface area contributed by atoms with Gasteiger partial charge in [-0.05, 0) is 25.1 Å². The van der Waals surface area contributed by atoms with Gasteiger partial charge in [-0.2, -0.15) is 5.10 Å². The number of aromatic nitrogens is 1. The van der Waals surface area contributed by atoms with Crippen molar-refractivity contribution in [3.8, 4) is 0 Å². The van der Waals surface area contributed by atoms with Gasteiger partial charge in [-0.3, -0.25) is 4.79 Å². The summed E-state index contributed by atoms with van der Waals surface area (Å²) in [5, 5.41) is 5.53. The summed E-state index contributed by atoms with van der Waals surface area (Å²) in [6.45, 7) is 2.04. The van der Waals surface area contributed by atoms with Crippen LogP contribution in [0.5, 0.6) is 0 Å². The first-order valence-corrected chi connectivity index (χ1v) is 9.18. The fourth-order valence-corrected chi connectivity index (χ4v) is 3.35. The smallest absolute Gasteiger partial charge is 0.288 e. The van der Waals surface area contributed by atoms with Crippen LogP contribution in [-0.4, -0.2) is 16.2 Å². The summed E-state index contributed by atoms with van der Waals surface area (Å²) in [5.74, 6) is -0.236. The molecule has 0 saturated heterocycles. The Kier molecular flexibility index (Phi) is 4.77. The highest BCUT2D eigenvalue weighted by Crippen LogP contribution is 2.18. The molecule has 0 spiro atoms. The van der Waals surface area contributed by atoms with Crippen molar-refractivity contribution in [3.05, 3.63) is 107 Å². The van der Waals surface area contributed by atoms with Crippen molar-refractivity contribution in [2.45, 2.75) is 6.92 Å². The van der Waals surface area contributed by atoms with E-state index in [4.69, 9.17) is 0 Å². The standard InChI is InChI=1S/C24H21N3O/c1-17-9-8-13-20(15-17)23(18-10-4-3-5-11-18)25-26-24(28)22-16-19-12-6-7-14-21(19)27(22)2/h3-16H,1-2H3,(H,26,28)/b25-23-. The summed E-state index contributed by atoms with van der Waals surface area (Å²) in [7, 11) is 1.89. The number of rotatable bonds is 4. The van der Waals surface area contributed by atoms with Gasteiger partial charge in [-0.15, -0.1) is 0 Å². The van der Waals surface area contributed by atoms with E-state index in [0.29, 0.717) is 5.69 Å². The summed E-state index contributed by atoms with van der Waals surface area (Å²) in [6, 6.07) is 27.8. The molecule has 1 aromatic heterocycles. The van der Waals surface area contributed by atoms with Gasteiger partial charge >= 0.3 is 0 Å². The fraction of sp³-hybridized carbons (Fsp3) is 0.0833. The SMILES string of the molecule is Cc1cccc(/C(=N\NC(=O)c2cc3ccccc3n2C)c2ccccc2)c1. The maximum atomic E-state index is 12.8. The maximum Gasteiger partial charge on any atom is 0.288 e. The molecule has 4 rings (SSSR count). The van der Waals surface area contributed by atoms with E-state index in [1.54, 1.807) is 0 Å². The van der Waals surface area contributed by atoms with E-state index in [1.165, 1.54) is 0 Å². The second kappa shape index (κ2) is 7.53. The van der Waals surface area contributed by atoms with Crippen LogP contribution in [0.3, 0.4) is 0 Å². The largest absolute Gasteiger partial charge is 0.340 e. The predicted octanol–water partition coefficient (Wildman–Crippen LogP) is 4.67. The summed E-state index contributed by atoms with van der Waals surface area (Å²) in [6.07, 6.45) is 0. The number of hydrazone groups is 1. The van der Waals surface area contributed by atoms with Gasteiger partial charge in [-0.25, -0.2) is 5.43 Å². The lowest BCUT2D eigenvalue weighted by Crippen LogP contribution is -2.22. The number of nitrogens with zero attached hydrogens (tertiary/aromatic N) is 2. The third-order valence-electron chi connectivity index (χ3n) is 4.79. The van der Waals surface area contributed by atoms with E-state index >= 15 is 0 Å². The molecule has 4 aromatic rings. The highest BCUT2D eigenvalue weighted by atomic mass is 16.2. The minimum atomic E-state index is -0.236. The van der Waals surface area contributed by atoms with Crippen molar-refractivity contribution in [1.29, 1.82) is 0 Å². The Bertz CT molecular complexity index is 1170. The number of aryl methyl sites for hydroxylation is 2. The zero-order valence-electron chi connectivity index (χ0n) is 15.9. The molecule has 0 unspecified atom stereocenters. The van der Waals surface area contributed by atoms with Crippen molar-refractivity contribution in [2.24, 2.45) is 12.1 Å². The van der Waals surface area contributed by atoms with Gasteiger partial charge < -0.3 is 4.57 Å². The molecule has 4 heteroatoms. The molecule has 4 nitrogen and oxygen atoms in total. The average molecular weight is 367 g/mol. The van der Waals surface area contributed by atoms with Gasteiger partial charge in [-0.1, -0.05) is 72.3 Å². The highest BCUT2D eigenvalue weighted by molar-refractivity contribution is 6.13. The maximum absolute atomic E-state index is 12.8. The average Bonchev–Trinajstić information content (AvgIpc) is 3.06. The van der Waals surface area contributed by atoms with Crippen molar-refractivity contribution < 1.29 is 4.79 Å². The van der Waals surface area contributed by atoms with Gasteiger partial charge in [0.2, 0.25) is 0 Å². The number of benzene rings is 3. The predicted molar refractivity (Wildman–Crippen MR) is 114 cm³/mol. The Morgan fingerprint density at radius 1 is 0.857 bits per heavy atom. The van der Waals surface area contributed by atoms with Crippen LogP contribution in [-0.2, 0) is 7.05 Å². The molecule has 3 aromatic carbocycles. The molecular weight excluding hydrogens is 346 g/mol. The highest BCUT2D eigenvalue weighted by Gasteiger charge is 2.14. The number of amides is 1. The van der Waals surface area contributed by atoms with Gasteiger partial charge in [0.1, 0.15) is 5.69 Å². The van der Waals surface area contributed by atoms with Gasteiger partial charge in [0.25, 0.3) is 5.91 Å². The number of nitrogens with one attached hydrogen (secondary N) is 1. The lowest BCUT2D eigenvalue weighted by molar-refractivity contribution is 0.0947. The van der Waals surface area contributed by atoms with Gasteiger partial charge in [0.05, 0.1) is 5.71 Å². The number of para-hydroxylation sites is 1. The summed E-state index contributed by atoms with van der Waals surface area (Å²) < 4.78 is 1.88. The Balaban J connectivity index is 1.70. The molecule has 0 aliphatic carbocycles. The van der Waals surface area contributed by atoms with Crippen molar-refractivity contribution >= 4 is 22.5 Å². The monoisotopic (exact) mass is 367 g/mol. The van der Waals surface area contributed by atoms with Crippen LogP contribution in [0.25, 0.3) is 10.9 Å². The Morgan fingerprint density at radius 3 is 2.32 bits per heavy atom. The second-order valence-corrected chi connectivity index (χ2v) is 6.78. The quantitative estimate of drug-likeness (QED) is 0.413. The fourth-order valence-electron chi connectivity index (χ4n) is 3.35.